The zero-order valence-corrected chi connectivity index (χ0v) is 11.2. The second kappa shape index (κ2) is 8.91. The Hall–Kier alpha value is -2.10. The van der Waals surface area contributed by atoms with Crippen LogP contribution in [-0.4, -0.2) is 17.2 Å². The molecule has 4 nitrogen and oxygen atoms in total. The van der Waals surface area contributed by atoms with Gasteiger partial charge in [-0.3, -0.25) is 4.79 Å². The minimum Gasteiger partial charge on any atom is -0.507 e. The number of carbonyl (C=O) groups is 1. The first kappa shape index (κ1) is 15.0. The third kappa shape index (κ3) is 5.86. The van der Waals surface area contributed by atoms with E-state index in [1.54, 1.807) is 24.3 Å². The van der Waals surface area contributed by atoms with Gasteiger partial charge in [0.15, 0.2) is 0 Å². The first-order valence-electron chi connectivity index (χ1n) is 6.52. The number of nitrogens with zero attached hydrogens (tertiary/aromatic N) is 1. The van der Waals surface area contributed by atoms with Crippen molar-refractivity contribution in [2.75, 3.05) is 0 Å². The van der Waals surface area contributed by atoms with Crippen molar-refractivity contribution in [3.8, 4) is 5.75 Å². The first-order chi connectivity index (χ1) is 9.25. The molecule has 0 aliphatic carbocycles. The number of allylic oxidation sites excluding steroid dienone is 2. The van der Waals surface area contributed by atoms with Crippen LogP contribution in [0.2, 0.25) is 0 Å². The minimum atomic E-state index is -0.422. The van der Waals surface area contributed by atoms with E-state index in [0.717, 1.165) is 6.42 Å². The Bertz CT molecular complexity index is 453. The van der Waals surface area contributed by atoms with Crippen molar-refractivity contribution >= 4 is 12.1 Å². The fourth-order valence-electron chi connectivity index (χ4n) is 1.53. The molecular formula is C15H20N2O2. The number of benzene rings is 1. The van der Waals surface area contributed by atoms with Gasteiger partial charge in [-0.05, 0) is 31.1 Å². The Morgan fingerprint density at radius 1 is 1.37 bits per heavy atom. The molecule has 1 amide bonds. The molecule has 0 bridgehead atoms. The van der Waals surface area contributed by atoms with E-state index in [9.17, 15) is 9.90 Å². The maximum Gasteiger partial charge on any atom is 0.275 e. The molecule has 0 saturated heterocycles. The van der Waals surface area contributed by atoms with Crippen molar-refractivity contribution in [2.24, 2.45) is 5.10 Å². The number of hydrogen-bond acceptors (Lipinski definition) is 3. The number of nitrogens with one attached hydrogen (secondary N) is 1. The maximum atomic E-state index is 11.6. The summed E-state index contributed by atoms with van der Waals surface area (Å²) in [4.78, 5) is 11.6. The SMILES string of the molecule is CCCCC/C=C/C=N/NC(=O)c1ccccc1O. The van der Waals surface area contributed by atoms with Crippen LogP contribution in [0.15, 0.2) is 41.5 Å². The number of amides is 1. The van der Waals surface area contributed by atoms with Gasteiger partial charge >= 0.3 is 0 Å². The van der Waals surface area contributed by atoms with Crippen molar-refractivity contribution in [1.82, 2.24) is 5.43 Å². The van der Waals surface area contributed by atoms with Gasteiger partial charge in [0.25, 0.3) is 5.91 Å². The zero-order chi connectivity index (χ0) is 13.9. The molecule has 1 rings (SSSR count). The van der Waals surface area contributed by atoms with Crippen LogP contribution in [0.1, 0.15) is 43.0 Å². The lowest BCUT2D eigenvalue weighted by Gasteiger charge is -2.01. The summed E-state index contributed by atoms with van der Waals surface area (Å²) in [5.74, 6) is -0.473. The van der Waals surface area contributed by atoms with Gasteiger partial charge in [0, 0.05) is 6.21 Å². The highest BCUT2D eigenvalue weighted by atomic mass is 16.3. The molecule has 1 aromatic carbocycles. The van der Waals surface area contributed by atoms with E-state index in [4.69, 9.17) is 0 Å². The summed E-state index contributed by atoms with van der Waals surface area (Å²) < 4.78 is 0. The van der Waals surface area contributed by atoms with E-state index in [0.29, 0.717) is 0 Å². The Balaban J connectivity index is 2.32. The van der Waals surface area contributed by atoms with Crippen molar-refractivity contribution in [3.05, 3.63) is 42.0 Å². The lowest BCUT2D eigenvalue weighted by atomic mass is 10.2. The summed E-state index contributed by atoms with van der Waals surface area (Å²) in [6.45, 7) is 2.17. The molecule has 1 aromatic rings. The zero-order valence-electron chi connectivity index (χ0n) is 11.2. The highest BCUT2D eigenvalue weighted by Gasteiger charge is 2.07. The summed E-state index contributed by atoms with van der Waals surface area (Å²) in [7, 11) is 0. The van der Waals surface area contributed by atoms with E-state index in [1.807, 2.05) is 6.08 Å². The predicted octanol–water partition coefficient (Wildman–Crippen LogP) is 3.24. The summed E-state index contributed by atoms with van der Waals surface area (Å²) in [5, 5.41) is 13.3. The quantitative estimate of drug-likeness (QED) is 0.449. The summed E-state index contributed by atoms with van der Waals surface area (Å²) in [6, 6.07) is 6.35. The molecule has 0 saturated carbocycles. The topological polar surface area (TPSA) is 61.7 Å². The van der Waals surface area contributed by atoms with Crippen molar-refractivity contribution in [2.45, 2.75) is 32.6 Å². The van der Waals surface area contributed by atoms with Crippen molar-refractivity contribution in [3.63, 3.8) is 0 Å². The molecule has 0 spiro atoms. The number of hydrogen-bond donors (Lipinski definition) is 2. The third-order valence-electron chi connectivity index (χ3n) is 2.59. The largest absolute Gasteiger partial charge is 0.507 e. The predicted molar refractivity (Wildman–Crippen MR) is 77.3 cm³/mol. The monoisotopic (exact) mass is 260 g/mol. The molecule has 0 aliphatic heterocycles. The van der Waals surface area contributed by atoms with Crippen LogP contribution in [-0.2, 0) is 0 Å². The van der Waals surface area contributed by atoms with Gasteiger partial charge < -0.3 is 5.11 Å². The van der Waals surface area contributed by atoms with Crippen LogP contribution in [0.5, 0.6) is 5.75 Å². The van der Waals surface area contributed by atoms with Gasteiger partial charge in [-0.2, -0.15) is 5.10 Å². The average Bonchev–Trinajstić information content (AvgIpc) is 2.42. The molecule has 2 N–H and O–H groups in total. The molecule has 0 unspecified atom stereocenters. The van der Waals surface area contributed by atoms with Crippen LogP contribution in [0.4, 0.5) is 0 Å². The standard InChI is InChI=1S/C15H20N2O2/c1-2-3-4-5-6-9-12-16-17-15(19)13-10-7-8-11-14(13)18/h6-12,18H,2-5H2,1H3,(H,17,19)/b9-6+,16-12+. The maximum absolute atomic E-state index is 11.6. The lowest BCUT2D eigenvalue weighted by molar-refractivity contribution is 0.0952. The Kier molecular flexibility index (Phi) is 7.02. The third-order valence-corrected chi connectivity index (χ3v) is 2.59. The number of rotatable bonds is 7. The van der Waals surface area contributed by atoms with Crippen molar-refractivity contribution in [1.29, 1.82) is 0 Å². The molecule has 0 fully saturated rings. The Labute approximate surface area is 113 Å². The van der Waals surface area contributed by atoms with E-state index >= 15 is 0 Å². The van der Waals surface area contributed by atoms with E-state index < -0.39 is 5.91 Å². The average molecular weight is 260 g/mol. The summed E-state index contributed by atoms with van der Waals surface area (Å²) in [6.07, 6.45) is 9.98. The van der Waals surface area contributed by atoms with Crippen LogP contribution in [0, 0.1) is 0 Å². The molecule has 4 heteroatoms. The Morgan fingerprint density at radius 2 is 2.16 bits per heavy atom. The van der Waals surface area contributed by atoms with Crippen LogP contribution in [0.3, 0.4) is 0 Å². The van der Waals surface area contributed by atoms with Gasteiger partial charge in [-0.15, -0.1) is 0 Å². The molecule has 0 radical (unpaired) electrons. The molecule has 19 heavy (non-hydrogen) atoms. The lowest BCUT2D eigenvalue weighted by Crippen LogP contribution is -2.17. The fourth-order valence-corrected chi connectivity index (χ4v) is 1.53. The van der Waals surface area contributed by atoms with Gasteiger partial charge in [0.1, 0.15) is 5.75 Å². The number of unbranched alkanes of at least 4 members (excludes halogenated alkanes) is 3. The molecule has 0 atom stereocenters. The van der Waals surface area contributed by atoms with Gasteiger partial charge in [-0.25, -0.2) is 5.43 Å². The number of carbonyl (C=O) groups excluding carboxylic acids is 1. The van der Waals surface area contributed by atoms with Crippen molar-refractivity contribution < 1.29 is 9.90 Å². The molecular weight excluding hydrogens is 240 g/mol. The first-order valence-corrected chi connectivity index (χ1v) is 6.52. The van der Waals surface area contributed by atoms with E-state index in [-0.39, 0.29) is 11.3 Å². The number of para-hydroxylation sites is 1. The number of phenolic OH excluding ortho intramolecular Hbond substituents is 1. The number of aromatic hydroxyl groups is 1. The highest BCUT2D eigenvalue weighted by Crippen LogP contribution is 2.14. The minimum absolute atomic E-state index is 0.0506. The smallest absolute Gasteiger partial charge is 0.275 e. The van der Waals surface area contributed by atoms with Gasteiger partial charge in [-0.1, -0.05) is 38.0 Å². The van der Waals surface area contributed by atoms with Crippen LogP contribution >= 0.6 is 0 Å². The Morgan fingerprint density at radius 3 is 2.89 bits per heavy atom. The molecule has 0 heterocycles. The number of hydrazone groups is 1. The van der Waals surface area contributed by atoms with Crippen LogP contribution < -0.4 is 5.43 Å². The summed E-state index contributed by atoms with van der Waals surface area (Å²) >= 11 is 0. The summed E-state index contributed by atoms with van der Waals surface area (Å²) in [5.41, 5.74) is 2.58. The second-order valence-corrected chi connectivity index (χ2v) is 4.16. The van der Waals surface area contributed by atoms with Crippen LogP contribution in [0.25, 0.3) is 0 Å². The fraction of sp³-hybridized carbons (Fsp3) is 0.333. The van der Waals surface area contributed by atoms with E-state index in [1.165, 1.54) is 31.5 Å². The van der Waals surface area contributed by atoms with Gasteiger partial charge in [0.2, 0.25) is 0 Å². The highest BCUT2D eigenvalue weighted by molar-refractivity contribution is 5.97. The second-order valence-electron chi connectivity index (χ2n) is 4.16. The molecule has 102 valence electrons. The molecule has 0 aromatic heterocycles. The normalized spacial score (nSPS) is 11.2. The van der Waals surface area contributed by atoms with Gasteiger partial charge in [0.05, 0.1) is 5.56 Å². The number of phenols is 1. The van der Waals surface area contributed by atoms with E-state index in [2.05, 4.69) is 17.5 Å². The molecule has 0 aliphatic rings.